The number of pyridine rings is 1. The standard InChI is InChI=1S/C23H27FN6O6S/c1-23(37(2,33)34,22(32)27-36-21-5-3-4-12-35-21)10-11-29-14-19(24)18(13-20(29)31)16-6-8-17(9-7-16)30-26-15-25-28-30/h6-9,13-15,21H,3-5,10-12H2,1-2H3,(H,27,32)/t21?,23-/m1/s1. The van der Waals surface area contributed by atoms with Crippen molar-refractivity contribution in [3.63, 3.8) is 0 Å². The van der Waals surface area contributed by atoms with Gasteiger partial charge in [-0.15, -0.1) is 15.0 Å². The molecule has 1 N–H and O–H groups in total. The molecule has 0 saturated carbocycles. The largest absolute Gasteiger partial charge is 0.350 e. The molecule has 1 fully saturated rings. The molecule has 1 saturated heterocycles. The third-order valence-electron chi connectivity index (χ3n) is 6.39. The molecule has 0 radical (unpaired) electrons. The van der Waals surface area contributed by atoms with Crippen molar-refractivity contribution in [2.75, 3.05) is 12.9 Å². The Labute approximate surface area is 212 Å². The van der Waals surface area contributed by atoms with Crippen LogP contribution in [0.3, 0.4) is 0 Å². The van der Waals surface area contributed by atoms with E-state index < -0.39 is 38.2 Å². The van der Waals surface area contributed by atoms with E-state index in [0.717, 1.165) is 35.9 Å². The molecule has 1 aliphatic heterocycles. The lowest BCUT2D eigenvalue weighted by atomic mass is 10.0. The molecule has 14 heteroatoms. The first-order valence-corrected chi connectivity index (χ1v) is 13.5. The Morgan fingerprint density at radius 2 is 2.05 bits per heavy atom. The van der Waals surface area contributed by atoms with E-state index in [1.165, 1.54) is 18.0 Å². The normalized spacial score (nSPS) is 17.8. The van der Waals surface area contributed by atoms with Crippen LogP contribution < -0.4 is 11.0 Å². The Balaban J connectivity index is 1.49. The van der Waals surface area contributed by atoms with Gasteiger partial charge in [0.05, 0.1) is 5.69 Å². The van der Waals surface area contributed by atoms with E-state index in [9.17, 15) is 22.4 Å². The molecule has 3 heterocycles. The van der Waals surface area contributed by atoms with E-state index in [1.54, 1.807) is 24.3 Å². The van der Waals surface area contributed by atoms with Crippen molar-refractivity contribution in [1.29, 1.82) is 0 Å². The van der Waals surface area contributed by atoms with Gasteiger partial charge in [0.25, 0.3) is 11.5 Å². The predicted molar refractivity (Wildman–Crippen MR) is 129 cm³/mol. The van der Waals surface area contributed by atoms with Crippen LogP contribution >= 0.6 is 0 Å². The number of hydrogen-bond acceptors (Lipinski definition) is 9. The molecular formula is C23H27FN6O6S. The van der Waals surface area contributed by atoms with E-state index in [4.69, 9.17) is 9.57 Å². The predicted octanol–water partition coefficient (Wildman–Crippen LogP) is 1.40. The van der Waals surface area contributed by atoms with Crippen LogP contribution in [0.5, 0.6) is 0 Å². The number of nitrogens with zero attached hydrogens (tertiary/aromatic N) is 5. The number of rotatable bonds is 9. The van der Waals surface area contributed by atoms with Crippen molar-refractivity contribution in [3.05, 3.63) is 59.0 Å². The fourth-order valence-corrected chi connectivity index (χ4v) is 4.67. The third kappa shape index (κ3) is 5.92. The quantitative estimate of drug-likeness (QED) is 0.402. The zero-order chi connectivity index (χ0) is 26.6. The molecule has 1 amide bonds. The third-order valence-corrected chi connectivity index (χ3v) is 8.41. The monoisotopic (exact) mass is 534 g/mol. The maximum absolute atomic E-state index is 15.0. The number of halogens is 1. The number of hydroxylamine groups is 1. The van der Waals surface area contributed by atoms with Gasteiger partial charge in [-0.3, -0.25) is 9.59 Å². The lowest BCUT2D eigenvalue weighted by molar-refractivity contribution is -0.201. The highest BCUT2D eigenvalue weighted by Crippen LogP contribution is 2.25. The molecular weight excluding hydrogens is 507 g/mol. The Kier molecular flexibility index (Phi) is 7.80. The number of nitrogens with one attached hydrogen (secondary N) is 1. The summed E-state index contributed by atoms with van der Waals surface area (Å²) in [4.78, 5) is 32.1. The summed E-state index contributed by atoms with van der Waals surface area (Å²) in [7, 11) is -3.94. The molecule has 198 valence electrons. The van der Waals surface area contributed by atoms with Crippen LogP contribution in [0.15, 0.2) is 47.7 Å². The second-order valence-electron chi connectivity index (χ2n) is 8.94. The van der Waals surface area contributed by atoms with Crippen molar-refractivity contribution in [3.8, 4) is 16.8 Å². The fraction of sp³-hybridized carbons (Fsp3) is 0.435. The maximum atomic E-state index is 15.0. The van der Waals surface area contributed by atoms with E-state index in [2.05, 4.69) is 20.9 Å². The van der Waals surface area contributed by atoms with Gasteiger partial charge in [-0.1, -0.05) is 12.1 Å². The summed E-state index contributed by atoms with van der Waals surface area (Å²) in [6.07, 6.45) is 4.56. The molecule has 0 aliphatic carbocycles. The molecule has 1 unspecified atom stereocenters. The van der Waals surface area contributed by atoms with Crippen LogP contribution in [0.2, 0.25) is 0 Å². The molecule has 2 aromatic heterocycles. The zero-order valence-electron chi connectivity index (χ0n) is 20.3. The Morgan fingerprint density at radius 3 is 2.68 bits per heavy atom. The number of amides is 1. The van der Waals surface area contributed by atoms with Gasteiger partial charge in [0.1, 0.15) is 5.82 Å². The minimum Gasteiger partial charge on any atom is -0.350 e. The van der Waals surface area contributed by atoms with Gasteiger partial charge in [0, 0.05) is 43.7 Å². The lowest BCUT2D eigenvalue weighted by Crippen LogP contribution is -2.51. The minimum absolute atomic E-state index is 0.0730. The summed E-state index contributed by atoms with van der Waals surface area (Å²) >= 11 is 0. The summed E-state index contributed by atoms with van der Waals surface area (Å²) in [5.41, 5.74) is 2.76. The van der Waals surface area contributed by atoms with Crippen LogP contribution in [-0.2, 0) is 30.8 Å². The van der Waals surface area contributed by atoms with Crippen LogP contribution in [0.1, 0.15) is 32.6 Å². The smallest absolute Gasteiger partial charge is 0.264 e. The van der Waals surface area contributed by atoms with Crippen molar-refractivity contribution >= 4 is 15.7 Å². The van der Waals surface area contributed by atoms with E-state index in [1.807, 2.05) is 0 Å². The van der Waals surface area contributed by atoms with Gasteiger partial charge in [-0.2, -0.15) is 0 Å². The molecule has 4 rings (SSSR count). The van der Waals surface area contributed by atoms with Crippen molar-refractivity contribution < 1.29 is 27.2 Å². The second kappa shape index (κ2) is 10.9. The van der Waals surface area contributed by atoms with E-state index in [-0.39, 0.29) is 18.5 Å². The highest BCUT2D eigenvalue weighted by atomic mass is 32.2. The van der Waals surface area contributed by atoms with Crippen molar-refractivity contribution in [2.24, 2.45) is 0 Å². The number of hydrogen-bond donors (Lipinski definition) is 1. The number of aromatic nitrogens is 5. The highest BCUT2D eigenvalue weighted by Gasteiger charge is 2.44. The molecule has 1 aromatic carbocycles. The minimum atomic E-state index is -3.94. The van der Waals surface area contributed by atoms with Crippen molar-refractivity contribution in [1.82, 2.24) is 30.3 Å². The Morgan fingerprint density at radius 1 is 1.30 bits per heavy atom. The number of ether oxygens (including phenoxy) is 1. The molecule has 0 spiro atoms. The number of carbonyl (C=O) groups is 1. The fourth-order valence-electron chi connectivity index (χ4n) is 3.83. The van der Waals surface area contributed by atoms with Gasteiger partial charge >= 0.3 is 0 Å². The topological polar surface area (TPSA) is 147 Å². The number of tetrazole rings is 1. The van der Waals surface area contributed by atoms with E-state index >= 15 is 0 Å². The molecule has 12 nitrogen and oxygen atoms in total. The molecule has 0 bridgehead atoms. The first-order chi connectivity index (χ1) is 17.6. The Bertz CT molecular complexity index is 1400. The first kappa shape index (κ1) is 26.6. The molecule has 1 aliphatic rings. The van der Waals surface area contributed by atoms with Gasteiger partial charge in [-0.05, 0) is 49.1 Å². The molecule has 3 aromatic rings. The zero-order valence-corrected chi connectivity index (χ0v) is 21.1. The van der Waals surface area contributed by atoms with Crippen LogP contribution in [-0.4, -0.2) is 63.0 Å². The number of sulfone groups is 1. The molecule has 2 atom stereocenters. The number of benzene rings is 1. The maximum Gasteiger partial charge on any atom is 0.264 e. The summed E-state index contributed by atoms with van der Waals surface area (Å²) < 4.78 is 44.6. The average molecular weight is 535 g/mol. The van der Waals surface area contributed by atoms with Gasteiger partial charge < -0.3 is 9.30 Å². The molecule has 37 heavy (non-hydrogen) atoms. The highest BCUT2D eigenvalue weighted by molar-refractivity contribution is 7.92. The van der Waals surface area contributed by atoms with Crippen LogP contribution in [0.25, 0.3) is 16.8 Å². The first-order valence-electron chi connectivity index (χ1n) is 11.6. The average Bonchev–Trinajstić information content (AvgIpc) is 3.42. The van der Waals surface area contributed by atoms with Gasteiger partial charge in [-0.25, -0.2) is 23.1 Å². The van der Waals surface area contributed by atoms with Crippen LogP contribution in [0, 0.1) is 5.82 Å². The summed E-state index contributed by atoms with van der Waals surface area (Å²) in [5.74, 6) is -1.58. The SMILES string of the molecule is C[C@@](CCn1cc(F)c(-c2ccc(-n3ncnn3)cc2)cc1=O)(C(=O)NOC1CCCCO1)S(C)(=O)=O. The van der Waals surface area contributed by atoms with E-state index in [0.29, 0.717) is 24.3 Å². The number of carbonyl (C=O) groups excluding carboxylic acids is 1. The lowest BCUT2D eigenvalue weighted by Gasteiger charge is -2.28. The summed E-state index contributed by atoms with van der Waals surface area (Å²) in [5, 5.41) is 11.3. The van der Waals surface area contributed by atoms with Gasteiger partial charge in [0.15, 0.2) is 27.2 Å². The number of aryl methyl sites for hydroxylation is 1. The van der Waals surface area contributed by atoms with Crippen molar-refractivity contribution in [2.45, 2.75) is 50.2 Å². The second-order valence-corrected chi connectivity index (χ2v) is 11.4. The summed E-state index contributed by atoms with van der Waals surface area (Å²) in [6.45, 7) is 1.51. The summed E-state index contributed by atoms with van der Waals surface area (Å²) in [6, 6.07) is 7.65. The van der Waals surface area contributed by atoms with Gasteiger partial charge in [0.2, 0.25) is 0 Å². The van der Waals surface area contributed by atoms with Crippen LogP contribution in [0.4, 0.5) is 4.39 Å². The Hall–Kier alpha value is -3.49.